The number of hydrogen-bond acceptors (Lipinski definition) is 4. The Balaban J connectivity index is 1.80. The van der Waals surface area contributed by atoms with E-state index in [2.05, 4.69) is 4.90 Å². The molecule has 1 saturated carbocycles. The summed E-state index contributed by atoms with van der Waals surface area (Å²) in [7, 11) is 3.30. The van der Waals surface area contributed by atoms with Gasteiger partial charge in [0.1, 0.15) is 0 Å². The molecule has 4 nitrogen and oxygen atoms in total. The first-order chi connectivity index (χ1) is 8.74. The molecule has 0 aromatic rings. The number of methoxy groups -OCH3 is 2. The van der Waals surface area contributed by atoms with Gasteiger partial charge in [-0.15, -0.1) is 0 Å². The lowest BCUT2D eigenvalue weighted by Crippen LogP contribution is -2.45. The lowest BCUT2D eigenvalue weighted by atomic mass is 9.88. The average Bonchev–Trinajstić information content (AvgIpc) is 2.46. The van der Waals surface area contributed by atoms with Crippen molar-refractivity contribution in [1.29, 1.82) is 0 Å². The van der Waals surface area contributed by atoms with Crippen molar-refractivity contribution in [1.82, 2.24) is 4.90 Å². The molecule has 0 radical (unpaired) electrons. The molecule has 2 rings (SSSR count). The van der Waals surface area contributed by atoms with Crippen LogP contribution in [-0.2, 0) is 14.3 Å². The van der Waals surface area contributed by atoms with E-state index in [1.54, 1.807) is 0 Å². The Bertz CT molecular complexity index is 274. The van der Waals surface area contributed by atoms with Gasteiger partial charge in [-0.1, -0.05) is 0 Å². The van der Waals surface area contributed by atoms with Gasteiger partial charge in [0.2, 0.25) is 0 Å². The molecule has 0 amide bonds. The van der Waals surface area contributed by atoms with Gasteiger partial charge in [-0.25, -0.2) is 0 Å². The molecule has 1 aliphatic heterocycles. The van der Waals surface area contributed by atoms with Crippen LogP contribution in [0.5, 0.6) is 0 Å². The molecule has 1 saturated heterocycles. The van der Waals surface area contributed by atoms with Crippen LogP contribution in [0.1, 0.15) is 38.5 Å². The molecule has 0 aromatic heterocycles. The van der Waals surface area contributed by atoms with E-state index in [-0.39, 0.29) is 11.9 Å². The van der Waals surface area contributed by atoms with Gasteiger partial charge in [0, 0.05) is 13.2 Å². The summed E-state index contributed by atoms with van der Waals surface area (Å²) in [6, 6.07) is 0.655. The third-order valence-corrected chi connectivity index (χ3v) is 4.51. The summed E-state index contributed by atoms with van der Waals surface area (Å²) in [5.41, 5.74) is 0. The van der Waals surface area contributed by atoms with Gasteiger partial charge in [-0.05, 0) is 51.6 Å². The van der Waals surface area contributed by atoms with Crippen molar-refractivity contribution in [3.05, 3.63) is 0 Å². The highest BCUT2D eigenvalue weighted by molar-refractivity contribution is 5.72. The zero-order valence-corrected chi connectivity index (χ0v) is 11.6. The number of piperidine rings is 1. The lowest BCUT2D eigenvalue weighted by Gasteiger charge is -2.40. The summed E-state index contributed by atoms with van der Waals surface area (Å²) in [4.78, 5) is 14.0. The Morgan fingerprint density at radius 2 is 1.83 bits per heavy atom. The molecule has 2 fully saturated rings. The Labute approximate surface area is 110 Å². The molecular weight excluding hydrogens is 230 g/mol. The smallest absolute Gasteiger partial charge is 0.308 e. The van der Waals surface area contributed by atoms with Gasteiger partial charge < -0.3 is 14.4 Å². The van der Waals surface area contributed by atoms with Crippen LogP contribution in [0.4, 0.5) is 0 Å². The third kappa shape index (κ3) is 3.23. The van der Waals surface area contributed by atoms with E-state index < -0.39 is 0 Å². The van der Waals surface area contributed by atoms with Crippen molar-refractivity contribution in [2.45, 2.75) is 50.7 Å². The molecule has 2 unspecified atom stereocenters. The summed E-state index contributed by atoms with van der Waals surface area (Å²) in [5, 5.41) is 0. The maximum absolute atomic E-state index is 11.5. The number of rotatable bonds is 3. The number of likely N-dealkylation sites (tertiary alicyclic amines) is 1. The fourth-order valence-corrected chi connectivity index (χ4v) is 3.33. The Morgan fingerprint density at radius 3 is 2.44 bits per heavy atom. The summed E-state index contributed by atoms with van der Waals surface area (Å²) in [5.74, 6) is 0.0844. The van der Waals surface area contributed by atoms with Crippen LogP contribution in [0.25, 0.3) is 0 Å². The Kier molecular flexibility index (Phi) is 5.01. The van der Waals surface area contributed by atoms with Crippen molar-refractivity contribution in [2.75, 3.05) is 27.3 Å². The third-order valence-electron chi connectivity index (χ3n) is 4.51. The first-order valence-electron chi connectivity index (χ1n) is 7.09. The molecule has 104 valence electrons. The van der Waals surface area contributed by atoms with Crippen LogP contribution in [0.2, 0.25) is 0 Å². The molecule has 2 atom stereocenters. The average molecular weight is 255 g/mol. The normalized spacial score (nSPS) is 31.2. The monoisotopic (exact) mass is 255 g/mol. The predicted molar refractivity (Wildman–Crippen MR) is 69.4 cm³/mol. The van der Waals surface area contributed by atoms with Crippen LogP contribution in [0.3, 0.4) is 0 Å². The van der Waals surface area contributed by atoms with E-state index >= 15 is 0 Å². The second-order valence-electron chi connectivity index (χ2n) is 5.51. The fraction of sp³-hybridized carbons (Fsp3) is 0.929. The number of ether oxygens (including phenoxy) is 2. The molecular formula is C14H25NO3. The number of nitrogens with zero attached hydrogens (tertiary/aromatic N) is 1. The molecule has 0 N–H and O–H groups in total. The molecule has 0 aromatic carbocycles. The minimum absolute atomic E-state index is 0.0342. The highest BCUT2D eigenvalue weighted by Gasteiger charge is 2.31. The van der Waals surface area contributed by atoms with E-state index in [9.17, 15) is 4.79 Å². The van der Waals surface area contributed by atoms with Gasteiger partial charge in [0.25, 0.3) is 0 Å². The summed E-state index contributed by atoms with van der Waals surface area (Å²) < 4.78 is 10.3. The summed E-state index contributed by atoms with van der Waals surface area (Å²) >= 11 is 0. The van der Waals surface area contributed by atoms with Crippen molar-refractivity contribution in [3.8, 4) is 0 Å². The minimum Gasteiger partial charge on any atom is -0.469 e. The minimum atomic E-state index is -0.0342. The number of hydrogen-bond donors (Lipinski definition) is 0. The lowest BCUT2D eigenvalue weighted by molar-refractivity contribution is -0.147. The van der Waals surface area contributed by atoms with Crippen molar-refractivity contribution < 1.29 is 14.3 Å². The topological polar surface area (TPSA) is 38.8 Å². The fourth-order valence-electron chi connectivity index (χ4n) is 3.33. The molecule has 2 aliphatic rings. The highest BCUT2D eigenvalue weighted by atomic mass is 16.5. The van der Waals surface area contributed by atoms with E-state index in [1.807, 2.05) is 7.11 Å². The maximum atomic E-state index is 11.5. The maximum Gasteiger partial charge on any atom is 0.308 e. The number of esters is 1. The molecule has 1 heterocycles. The molecule has 0 bridgehead atoms. The first kappa shape index (κ1) is 13.8. The van der Waals surface area contributed by atoms with Gasteiger partial charge >= 0.3 is 5.97 Å². The largest absolute Gasteiger partial charge is 0.469 e. The number of carbonyl (C=O) groups is 1. The molecule has 18 heavy (non-hydrogen) atoms. The molecule has 0 spiro atoms. The zero-order chi connectivity index (χ0) is 13.0. The predicted octanol–water partition coefficient (Wildman–Crippen LogP) is 1.83. The number of carbonyl (C=O) groups excluding carboxylic acids is 1. The van der Waals surface area contributed by atoms with E-state index in [4.69, 9.17) is 9.47 Å². The summed E-state index contributed by atoms with van der Waals surface area (Å²) in [6.45, 7) is 2.06. The molecule has 4 heteroatoms. The Hall–Kier alpha value is -0.610. The van der Waals surface area contributed by atoms with Gasteiger partial charge in [0.15, 0.2) is 0 Å². The standard InChI is InChI=1S/C14H25NO3/c1-17-13-5-3-4-12(10-13)15-8-6-11(7-9-15)14(16)18-2/h11-13H,3-10H2,1-2H3. The van der Waals surface area contributed by atoms with Crippen LogP contribution < -0.4 is 0 Å². The van der Waals surface area contributed by atoms with Crippen molar-refractivity contribution in [2.24, 2.45) is 5.92 Å². The van der Waals surface area contributed by atoms with Crippen LogP contribution in [0.15, 0.2) is 0 Å². The van der Waals surface area contributed by atoms with Crippen molar-refractivity contribution >= 4 is 5.97 Å². The Morgan fingerprint density at radius 1 is 1.11 bits per heavy atom. The second kappa shape index (κ2) is 6.53. The highest BCUT2D eigenvalue weighted by Crippen LogP contribution is 2.28. The van der Waals surface area contributed by atoms with E-state index in [0.29, 0.717) is 12.1 Å². The quantitative estimate of drug-likeness (QED) is 0.721. The summed E-state index contributed by atoms with van der Waals surface area (Å²) in [6.07, 6.45) is 7.22. The van der Waals surface area contributed by atoms with Crippen LogP contribution in [-0.4, -0.2) is 50.3 Å². The van der Waals surface area contributed by atoms with Gasteiger partial charge in [0.05, 0.1) is 19.1 Å². The van der Waals surface area contributed by atoms with Gasteiger partial charge in [-0.3, -0.25) is 4.79 Å². The molecule has 1 aliphatic carbocycles. The first-order valence-corrected chi connectivity index (χ1v) is 7.09. The van der Waals surface area contributed by atoms with Gasteiger partial charge in [-0.2, -0.15) is 0 Å². The SMILES string of the molecule is COC(=O)C1CCN(C2CCCC(OC)C2)CC1. The van der Waals surface area contributed by atoms with Crippen molar-refractivity contribution in [3.63, 3.8) is 0 Å². The second-order valence-corrected chi connectivity index (χ2v) is 5.51. The van der Waals surface area contributed by atoms with Crippen LogP contribution in [0, 0.1) is 5.92 Å². The van der Waals surface area contributed by atoms with Crippen LogP contribution >= 0.6 is 0 Å². The van der Waals surface area contributed by atoms with E-state index in [1.165, 1.54) is 26.4 Å². The zero-order valence-electron chi connectivity index (χ0n) is 11.6. The van der Waals surface area contributed by atoms with E-state index in [0.717, 1.165) is 32.4 Å².